The smallest absolute Gasteiger partial charge is 0.328 e. The molecule has 1 aromatic heterocycles. The molecule has 2 rings (SSSR count). The molecule has 0 aliphatic carbocycles. The number of nitrogens with zero attached hydrogens (tertiary/aromatic N) is 1. The van der Waals surface area contributed by atoms with Crippen molar-refractivity contribution < 1.29 is 24.2 Å². The topological polar surface area (TPSA) is 97.8 Å². The van der Waals surface area contributed by atoms with Crippen molar-refractivity contribution in [2.45, 2.75) is 45.9 Å². The highest BCUT2D eigenvalue weighted by atomic mass is 16.6. The van der Waals surface area contributed by atoms with Crippen LogP contribution in [0.2, 0.25) is 0 Å². The van der Waals surface area contributed by atoms with Gasteiger partial charge in [-0.05, 0) is 44.0 Å². The summed E-state index contributed by atoms with van der Waals surface area (Å²) >= 11 is 0. The van der Waals surface area contributed by atoms with Gasteiger partial charge in [-0.1, -0.05) is 32.0 Å². The van der Waals surface area contributed by atoms with Gasteiger partial charge in [0.1, 0.15) is 29.7 Å². The molecule has 0 saturated heterocycles. The van der Waals surface area contributed by atoms with E-state index in [0.29, 0.717) is 5.75 Å². The average molecular weight is 386 g/mol. The maximum Gasteiger partial charge on any atom is 0.328 e. The summed E-state index contributed by atoms with van der Waals surface area (Å²) in [6.45, 7) is 7.20. The average Bonchev–Trinajstić information content (AvgIpc) is 2.66. The van der Waals surface area contributed by atoms with Crippen molar-refractivity contribution in [3.05, 3.63) is 54.4 Å². The fourth-order valence-corrected chi connectivity index (χ4v) is 2.69. The lowest BCUT2D eigenvalue weighted by atomic mass is 10.0. The van der Waals surface area contributed by atoms with Gasteiger partial charge in [-0.25, -0.2) is 9.78 Å². The summed E-state index contributed by atoms with van der Waals surface area (Å²) in [5.41, 5.74) is -0.150. The van der Waals surface area contributed by atoms with Gasteiger partial charge >= 0.3 is 5.97 Å². The van der Waals surface area contributed by atoms with Crippen molar-refractivity contribution in [2.24, 2.45) is 5.92 Å². The first kappa shape index (κ1) is 21.2. The Hall–Kier alpha value is -3.09. The number of carbonyl (C=O) groups excluding carboxylic acids is 2. The normalized spacial score (nSPS) is 14.0. The predicted octanol–water partition coefficient (Wildman–Crippen LogP) is 2.94. The Bertz CT molecular complexity index is 794. The number of benzene rings is 1. The van der Waals surface area contributed by atoms with Crippen LogP contribution in [0.4, 0.5) is 0 Å². The minimum absolute atomic E-state index is 0.00500. The summed E-state index contributed by atoms with van der Waals surface area (Å²) < 4.78 is 11.5. The zero-order valence-electron chi connectivity index (χ0n) is 16.5. The number of pyridine rings is 1. The number of carbonyl (C=O) groups is 2. The molecule has 7 nitrogen and oxygen atoms in total. The number of para-hydroxylation sites is 1. The molecule has 150 valence electrons. The highest BCUT2D eigenvalue weighted by Crippen LogP contribution is 2.19. The molecule has 0 fully saturated rings. The SMILES string of the molecule is CC(C)[C@@H](OC(=O)[C@H](C)NC(=O)c1ncccc1O)[C@H](C)Oc1ccccc1. The zero-order valence-corrected chi connectivity index (χ0v) is 16.5. The summed E-state index contributed by atoms with van der Waals surface area (Å²) in [7, 11) is 0. The Kier molecular flexibility index (Phi) is 7.37. The van der Waals surface area contributed by atoms with Gasteiger partial charge in [0.25, 0.3) is 5.91 Å². The quantitative estimate of drug-likeness (QED) is 0.677. The van der Waals surface area contributed by atoms with Crippen molar-refractivity contribution in [2.75, 3.05) is 0 Å². The molecule has 0 aliphatic rings. The second-order valence-corrected chi connectivity index (χ2v) is 6.85. The van der Waals surface area contributed by atoms with Crippen LogP contribution in [0.1, 0.15) is 38.2 Å². The minimum Gasteiger partial charge on any atom is -0.505 e. The molecule has 1 aromatic carbocycles. The maximum absolute atomic E-state index is 12.5. The minimum atomic E-state index is -0.918. The molecule has 3 atom stereocenters. The van der Waals surface area contributed by atoms with E-state index < -0.39 is 24.0 Å². The molecule has 2 aromatic rings. The Morgan fingerprint density at radius 1 is 1.04 bits per heavy atom. The van der Waals surface area contributed by atoms with Crippen LogP contribution in [0.3, 0.4) is 0 Å². The fraction of sp³-hybridized carbons (Fsp3) is 0.381. The first-order valence-corrected chi connectivity index (χ1v) is 9.16. The Balaban J connectivity index is 1.99. The second kappa shape index (κ2) is 9.73. The first-order chi connectivity index (χ1) is 13.3. The van der Waals surface area contributed by atoms with E-state index in [-0.39, 0.29) is 23.5 Å². The van der Waals surface area contributed by atoms with E-state index in [1.807, 2.05) is 51.1 Å². The molecule has 28 heavy (non-hydrogen) atoms. The van der Waals surface area contributed by atoms with Crippen molar-refractivity contribution in [1.29, 1.82) is 0 Å². The Labute approximate surface area is 164 Å². The van der Waals surface area contributed by atoms with E-state index in [9.17, 15) is 14.7 Å². The van der Waals surface area contributed by atoms with Crippen molar-refractivity contribution in [3.63, 3.8) is 0 Å². The number of aromatic hydroxyl groups is 1. The van der Waals surface area contributed by atoms with Gasteiger partial charge in [-0.2, -0.15) is 0 Å². The van der Waals surface area contributed by atoms with Crippen LogP contribution in [0.25, 0.3) is 0 Å². The van der Waals surface area contributed by atoms with Crippen molar-refractivity contribution in [3.8, 4) is 11.5 Å². The lowest BCUT2D eigenvalue weighted by Gasteiger charge is -2.29. The van der Waals surface area contributed by atoms with Gasteiger partial charge in [-0.15, -0.1) is 0 Å². The molecule has 0 bridgehead atoms. The van der Waals surface area contributed by atoms with Crippen molar-refractivity contribution in [1.82, 2.24) is 10.3 Å². The third kappa shape index (κ3) is 5.70. The standard InChI is InChI=1S/C21H26N2O5/c1-13(2)19(15(4)27-16-9-6-5-7-10-16)28-21(26)14(3)23-20(25)18-17(24)11-8-12-22-18/h5-15,19,24H,1-4H3,(H,23,25)/t14-,15-,19+/m0/s1. The molecular weight excluding hydrogens is 360 g/mol. The Morgan fingerprint density at radius 3 is 2.32 bits per heavy atom. The molecular formula is C21H26N2O5. The van der Waals surface area contributed by atoms with Gasteiger partial charge in [0.05, 0.1) is 0 Å². The van der Waals surface area contributed by atoms with Crippen LogP contribution in [0.5, 0.6) is 11.5 Å². The number of ether oxygens (including phenoxy) is 2. The monoisotopic (exact) mass is 386 g/mol. The van der Waals surface area contributed by atoms with E-state index in [4.69, 9.17) is 9.47 Å². The van der Waals surface area contributed by atoms with E-state index in [0.717, 1.165) is 0 Å². The number of nitrogens with one attached hydrogen (secondary N) is 1. The van der Waals surface area contributed by atoms with E-state index >= 15 is 0 Å². The van der Waals surface area contributed by atoms with Crippen LogP contribution in [0.15, 0.2) is 48.7 Å². The molecule has 1 amide bonds. The molecule has 7 heteroatoms. The van der Waals surface area contributed by atoms with E-state index in [2.05, 4.69) is 10.3 Å². The molecule has 0 unspecified atom stereocenters. The summed E-state index contributed by atoms with van der Waals surface area (Å²) in [5, 5.41) is 12.2. The van der Waals surface area contributed by atoms with Gasteiger partial charge in [0.2, 0.25) is 0 Å². The van der Waals surface area contributed by atoms with Gasteiger partial charge in [0, 0.05) is 6.20 Å². The van der Waals surface area contributed by atoms with Crippen LogP contribution >= 0.6 is 0 Å². The van der Waals surface area contributed by atoms with Crippen LogP contribution in [-0.4, -0.2) is 40.2 Å². The van der Waals surface area contributed by atoms with Crippen molar-refractivity contribution >= 4 is 11.9 Å². The van der Waals surface area contributed by atoms with Crippen LogP contribution in [0, 0.1) is 5.92 Å². The maximum atomic E-state index is 12.5. The predicted molar refractivity (Wildman–Crippen MR) is 104 cm³/mol. The number of hydrogen-bond donors (Lipinski definition) is 2. The number of aromatic nitrogens is 1. The fourth-order valence-electron chi connectivity index (χ4n) is 2.69. The van der Waals surface area contributed by atoms with E-state index in [1.54, 1.807) is 0 Å². The third-order valence-corrected chi connectivity index (χ3v) is 4.14. The molecule has 0 saturated carbocycles. The van der Waals surface area contributed by atoms with Crippen LogP contribution < -0.4 is 10.1 Å². The van der Waals surface area contributed by atoms with Crippen LogP contribution in [-0.2, 0) is 9.53 Å². The van der Waals surface area contributed by atoms with Gasteiger partial charge in [-0.3, -0.25) is 4.79 Å². The van der Waals surface area contributed by atoms with Gasteiger partial charge in [0.15, 0.2) is 5.69 Å². The summed E-state index contributed by atoms with van der Waals surface area (Å²) in [6, 6.07) is 11.2. The number of amides is 1. The molecule has 1 heterocycles. The van der Waals surface area contributed by atoms with Gasteiger partial charge < -0.3 is 19.9 Å². The van der Waals surface area contributed by atoms with E-state index in [1.165, 1.54) is 25.3 Å². The highest BCUT2D eigenvalue weighted by Gasteiger charge is 2.29. The first-order valence-electron chi connectivity index (χ1n) is 9.16. The third-order valence-electron chi connectivity index (χ3n) is 4.14. The summed E-state index contributed by atoms with van der Waals surface area (Å²) in [6.07, 6.45) is 0.499. The number of rotatable bonds is 8. The molecule has 2 N–H and O–H groups in total. The number of hydrogen-bond acceptors (Lipinski definition) is 6. The Morgan fingerprint density at radius 2 is 1.71 bits per heavy atom. The largest absolute Gasteiger partial charge is 0.505 e. The number of esters is 1. The second-order valence-electron chi connectivity index (χ2n) is 6.85. The summed E-state index contributed by atoms with van der Waals surface area (Å²) in [5.74, 6) is -0.817. The molecule has 0 aliphatic heterocycles. The molecule has 0 spiro atoms. The lowest BCUT2D eigenvalue weighted by Crippen LogP contribution is -2.45. The molecule has 0 radical (unpaired) electrons. The highest BCUT2D eigenvalue weighted by molar-refractivity contribution is 5.97. The zero-order chi connectivity index (χ0) is 20.7. The lowest BCUT2D eigenvalue weighted by molar-refractivity contribution is -0.158. The summed E-state index contributed by atoms with van der Waals surface area (Å²) in [4.78, 5) is 28.5.